The van der Waals surface area contributed by atoms with Gasteiger partial charge in [0.15, 0.2) is 0 Å². The van der Waals surface area contributed by atoms with Crippen LogP contribution in [0.3, 0.4) is 0 Å². The smallest absolute Gasteiger partial charge is 0.271 e. The number of anilines is 11. The van der Waals surface area contributed by atoms with Crippen molar-refractivity contribution in [1.82, 2.24) is 65.4 Å². The van der Waals surface area contributed by atoms with E-state index in [-0.39, 0.29) is 86.7 Å². The Morgan fingerprint density at radius 1 is 0.456 bits per heavy atom. The molecule has 17 rings (SSSR count). The van der Waals surface area contributed by atoms with Gasteiger partial charge in [-0.15, -0.1) is 0 Å². The number of aliphatic hydroxyl groups is 1. The van der Waals surface area contributed by atoms with Crippen LogP contribution in [-0.4, -0.2) is 207 Å². The van der Waals surface area contributed by atoms with Crippen LogP contribution < -0.4 is 94.8 Å². The summed E-state index contributed by atoms with van der Waals surface area (Å²) in [6.07, 6.45) is 21.2. The number of rotatable bonds is 27. The molecule has 4 amide bonds. The number of nitrogens with one attached hydrogen (secondary N) is 14. The van der Waals surface area contributed by atoms with Gasteiger partial charge in [0.25, 0.3) is 45.9 Å². The molecule has 5 aliphatic rings. The SMILES string of the molecule is CC(C)(C)[C@@H](CO)Nc1cccc(-c2c[nH]c(=O)c(NC(=O)c3ccc(N4CCCCC4)cc3)c2)n1.CNc1cc(-c2c[nH]c(=O)c(NC(=O)c3ccc(N4CCC[C@H]4CN4CCCC4)cc3)c2)ncn1.CNc1cc(-c2c[nH]c(=O)c(NC(=O)c3ccc(N4C[C@@H](C)N[C@@H](C)C4)cc3)c2)ncn1.CNc1cccc(-c2c[nH]c(=O)c(NC(=O)c3ccc(OCCC4CCNCC4)cc3)c2)n1. The summed E-state index contributed by atoms with van der Waals surface area (Å²) in [5.41, 5.74) is 9.47. The monoisotopic (exact) mass is 1840 g/mol. The van der Waals surface area contributed by atoms with E-state index in [1.807, 2.05) is 106 Å². The third kappa shape index (κ3) is 26.6. The van der Waals surface area contributed by atoms with E-state index in [2.05, 4.69) is 136 Å². The Bertz CT molecular complexity index is 6280. The number of ether oxygens (including phenoxy) is 1. The summed E-state index contributed by atoms with van der Waals surface area (Å²) in [5, 5.41) is 39.7. The molecule has 5 saturated heterocycles. The maximum atomic E-state index is 12.9. The first kappa shape index (κ1) is 97.3. The number of likely N-dealkylation sites (tertiary alicyclic amines) is 1. The zero-order valence-electron chi connectivity index (χ0n) is 78.2. The Morgan fingerprint density at radius 3 is 1.31 bits per heavy atom. The highest BCUT2D eigenvalue weighted by Crippen LogP contribution is 2.32. The minimum absolute atomic E-state index is 0.0245. The van der Waals surface area contributed by atoms with Gasteiger partial charge in [-0.1, -0.05) is 32.9 Å². The number of benzene rings is 4. The molecule has 13 heterocycles. The molecule has 0 radical (unpaired) electrons. The molecule has 8 aromatic heterocycles. The predicted octanol–water partition coefficient (Wildman–Crippen LogP) is 13.5. The molecule has 0 spiro atoms. The van der Waals surface area contributed by atoms with Gasteiger partial charge in [0.05, 0.1) is 42.0 Å². The van der Waals surface area contributed by atoms with Crippen molar-refractivity contribution in [2.45, 2.75) is 123 Å². The quantitative estimate of drug-likeness (QED) is 0.0227. The van der Waals surface area contributed by atoms with Crippen molar-refractivity contribution < 1.29 is 29.0 Å². The van der Waals surface area contributed by atoms with Gasteiger partial charge >= 0.3 is 0 Å². The van der Waals surface area contributed by atoms with E-state index in [1.54, 1.807) is 131 Å². The van der Waals surface area contributed by atoms with Crippen LogP contribution in [0.25, 0.3) is 45.0 Å². The number of pyridine rings is 6. The number of piperidine rings is 2. The Morgan fingerprint density at radius 2 is 0.868 bits per heavy atom. The zero-order valence-corrected chi connectivity index (χ0v) is 78.2. The number of aromatic amines is 4. The molecule has 0 aliphatic carbocycles. The largest absolute Gasteiger partial charge is 0.494 e. The lowest BCUT2D eigenvalue weighted by molar-refractivity contribution is 0.101. The fraction of sp³-hybridized carbons (Fsp3) is 0.353. The van der Waals surface area contributed by atoms with E-state index in [0.29, 0.717) is 121 Å². The first-order valence-corrected chi connectivity index (χ1v) is 46.6. The molecule has 12 aromatic rings. The van der Waals surface area contributed by atoms with Crippen LogP contribution in [0.1, 0.15) is 140 Å². The second-order valence-electron chi connectivity index (χ2n) is 35.6. The second-order valence-corrected chi connectivity index (χ2v) is 35.6. The summed E-state index contributed by atoms with van der Waals surface area (Å²) >= 11 is 0. The Balaban J connectivity index is 0.000000145. The van der Waals surface area contributed by atoms with Crippen LogP contribution >= 0.6 is 0 Å². The summed E-state index contributed by atoms with van der Waals surface area (Å²) in [5.74, 6) is 2.70. The Hall–Kier alpha value is -14.7. The van der Waals surface area contributed by atoms with Gasteiger partial charge in [0, 0.05) is 177 Å². The lowest BCUT2D eigenvalue weighted by Gasteiger charge is -2.37. The number of hydrogen-bond donors (Lipinski definition) is 15. The van der Waals surface area contributed by atoms with E-state index in [1.165, 1.54) is 83.5 Å². The molecular weight excluding hydrogens is 1720 g/mol. The topological polar surface area (TPSA) is 440 Å². The van der Waals surface area contributed by atoms with Gasteiger partial charge < -0.3 is 103 Å². The number of nitrogens with zero attached hydrogens (tertiary/aromatic N) is 10. The van der Waals surface area contributed by atoms with E-state index in [9.17, 15) is 43.5 Å². The van der Waals surface area contributed by atoms with Crippen molar-refractivity contribution in [3.63, 3.8) is 0 Å². The number of aliphatic hydroxyl groups excluding tert-OH is 1. The number of carbonyl (C=O) groups is 4. The molecule has 34 heteroatoms. The number of piperazine rings is 1. The summed E-state index contributed by atoms with van der Waals surface area (Å²) in [6, 6.07) is 51.8. The zero-order chi connectivity index (χ0) is 95.6. The molecule has 136 heavy (non-hydrogen) atoms. The third-order valence-corrected chi connectivity index (χ3v) is 24.7. The molecule has 0 unspecified atom stereocenters. The van der Waals surface area contributed by atoms with Gasteiger partial charge in [-0.25, -0.2) is 29.9 Å². The number of aromatic nitrogens is 10. The molecule has 710 valence electrons. The standard InChI is InChI=1S/C28H35N5O3.C26H31N7O2.C25H29N5O3.C23H27N7O2/c1-28(2,3)24(18-34)32-25-9-7-8-22(30-25)20-16-23(27(36)29-17-20)31-26(35)19-10-12-21(13-11-19)33-14-5-4-6-15-33;1-27-24-14-22(29-17-30-24)19-13-23(26(35)28-15-19)31-25(34)18-6-8-20(9-7-18)33-12-4-5-21(33)16-32-10-2-3-11-32;1-26-23-4-2-3-21(29-23)19-15-22(25(32)28-16-19)30-24(31)18-5-7-20(8-6-18)33-14-11-17-9-12-27-13-10-17;1-14-11-30(12-15(2)28-14)18-6-4-16(5-7-18)22(31)29-20-8-17(10-25-23(20)32)19-9-21(24-3)27-13-26-19/h7-13,16-17,24,34H,4-6,14-15,18H2,1-3H3,(H,29,36)(H,30,32)(H,31,35);6-9,13-15,17,21H,2-5,10-12,16H2,1H3,(H,28,35)(H,31,34)(H,27,29,30);2-8,15-17,27H,9-14H2,1H3,(H,26,29)(H,28,32)(H,30,31);4-10,13-15,28H,11-12H2,1-3H3,(H,25,32)(H,29,31)(H,24,26,27)/t24-;21-;;14-,15+/m10../s1. The van der Waals surface area contributed by atoms with E-state index < -0.39 is 0 Å². The van der Waals surface area contributed by atoms with Crippen molar-refractivity contribution in [1.29, 1.82) is 0 Å². The highest BCUT2D eigenvalue weighted by atomic mass is 16.5. The first-order valence-electron chi connectivity index (χ1n) is 46.6. The number of hydrogen-bond acceptors (Lipinski definition) is 26. The summed E-state index contributed by atoms with van der Waals surface area (Å²) in [4.78, 5) is 147. The van der Waals surface area contributed by atoms with Crippen LogP contribution in [0, 0.1) is 11.3 Å². The number of amides is 4. The maximum Gasteiger partial charge on any atom is 0.271 e. The average molecular weight is 1840 g/mol. The van der Waals surface area contributed by atoms with Gasteiger partial charge in [0.1, 0.15) is 64.4 Å². The molecule has 4 atom stereocenters. The van der Waals surface area contributed by atoms with Gasteiger partial charge in [-0.2, -0.15) is 0 Å². The number of carbonyl (C=O) groups excluding carboxylic acids is 4. The molecule has 15 N–H and O–H groups in total. The predicted molar refractivity (Wildman–Crippen MR) is 539 cm³/mol. The summed E-state index contributed by atoms with van der Waals surface area (Å²) in [6.45, 7) is 21.7. The lowest BCUT2D eigenvalue weighted by Crippen LogP contribution is -2.54. The highest BCUT2D eigenvalue weighted by molar-refractivity contribution is 6.07. The van der Waals surface area contributed by atoms with E-state index >= 15 is 0 Å². The van der Waals surface area contributed by atoms with Crippen molar-refractivity contribution in [2.24, 2.45) is 11.3 Å². The van der Waals surface area contributed by atoms with Crippen LogP contribution in [0.5, 0.6) is 5.75 Å². The van der Waals surface area contributed by atoms with Crippen LogP contribution in [0.4, 0.5) is 63.1 Å². The summed E-state index contributed by atoms with van der Waals surface area (Å²) in [7, 11) is 5.32. The number of H-pyrrole nitrogens is 4. The summed E-state index contributed by atoms with van der Waals surface area (Å²) < 4.78 is 5.85. The Kier molecular flexibility index (Phi) is 33.4. The minimum Gasteiger partial charge on any atom is -0.494 e. The van der Waals surface area contributed by atoms with E-state index in [4.69, 9.17) is 4.74 Å². The normalized spacial score (nSPS) is 16.3. The minimum atomic E-state index is -0.389. The molecular formula is C102H122N24O10. The maximum absolute atomic E-state index is 12.9. The Labute approximate surface area is 790 Å². The van der Waals surface area contributed by atoms with Crippen LogP contribution in [0.2, 0.25) is 0 Å². The van der Waals surface area contributed by atoms with Crippen LogP contribution in [-0.2, 0) is 0 Å². The third-order valence-electron chi connectivity index (χ3n) is 24.7. The first-order chi connectivity index (χ1) is 65.9. The lowest BCUT2D eigenvalue weighted by atomic mass is 9.87. The average Bonchev–Trinajstić information content (AvgIpc) is 1.36. The van der Waals surface area contributed by atoms with Crippen molar-refractivity contribution in [3.05, 3.63) is 271 Å². The molecule has 5 fully saturated rings. The molecule has 5 aliphatic heterocycles. The molecule has 0 saturated carbocycles. The van der Waals surface area contributed by atoms with Crippen molar-refractivity contribution in [3.8, 4) is 50.8 Å². The van der Waals surface area contributed by atoms with E-state index in [0.717, 1.165) is 81.6 Å². The van der Waals surface area contributed by atoms with Gasteiger partial charge in [-0.05, 0) is 261 Å². The van der Waals surface area contributed by atoms with Crippen molar-refractivity contribution in [2.75, 3.05) is 157 Å². The highest BCUT2D eigenvalue weighted by Gasteiger charge is 2.30. The fourth-order valence-electron chi connectivity index (χ4n) is 17.1. The molecule has 34 nitrogen and oxygen atoms in total. The van der Waals surface area contributed by atoms with Crippen molar-refractivity contribution >= 4 is 86.7 Å². The van der Waals surface area contributed by atoms with Crippen LogP contribution in [0.15, 0.2) is 226 Å². The van der Waals surface area contributed by atoms with Gasteiger partial charge in [0.2, 0.25) is 0 Å². The molecule has 4 aromatic carbocycles. The fourth-order valence-corrected chi connectivity index (χ4v) is 17.1. The second kappa shape index (κ2) is 46.8. The van der Waals surface area contributed by atoms with Gasteiger partial charge in [-0.3, -0.25) is 38.4 Å². The molecule has 0 bridgehead atoms.